The van der Waals surface area contributed by atoms with Gasteiger partial charge in [0.05, 0.1) is 10.7 Å². The molecule has 1 aromatic heterocycles. The number of hydrogen-bond acceptors (Lipinski definition) is 6. The first kappa shape index (κ1) is 27.9. The third-order valence-corrected chi connectivity index (χ3v) is 6.03. The molecule has 31 heavy (non-hydrogen) atoms. The molecule has 0 spiro atoms. The Morgan fingerprint density at radius 3 is 2.35 bits per heavy atom. The molecule has 2 rings (SSSR count). The average molecular weight is 567 g/mol. The van der Waals surface area contributed by atoms with Crippen LogP contribution >= 0.6 is 35.3 Å². The number of piperazine rings is 1. The second-order valence-electron chi connectivity index (χ2n) is 8.59. The zero-order valence-electron chi connectivity index (χ0n) is 19.8. The maximum Gasteiger partial charge on any atom is 0.410 e. The van der Waals surface area contributed by atoms with Crippen molar-refractivity contribution in [2.24, 2.45) is 4.99 Å². The maximum atomic E-state index is 12.1. The fourth-order valence-corrected chi connectivity index (χ4v) is 4.08. The molecule has 1 amide bonds. The summed E-state index contributed by atoms with van der Waals surface area (Å²) in [5, 5.41) is 7.90. The number of halogens is 1. The molecule has 1 fully saturated rings. The lowest BCUT2D eigenvalue weighted by Crippen LogP contribution is -2.50. The smallest absolute Gasteiger partial charge is 0.410 e. The fraction of sp³-hybridized carbons (Fsp3) is 0.762. The van der Waals surface area contributed by atoms with Crippen molar-refractivity contribution in [2.45, 2.75) is 53.1 Å². The van der Waals surface area contributed by atoms with Gasteiger partial charge in [-0.3, -0.25) is 9.89 Å². The summed E-state index contributed by atoms with van der Waals surface area (Å²) >= 11 is 1.77. The number of thiazole rings is 1. The van der Waals surface area contributed by atoms with E-state index in [4.69, 9.17) is 4.74 Å². The van der Waals surface area contributed by atoms with Gasteiger partial charge in [0, 0.05) is 57.6 Å². The zero-order chi connectivity index (χ0) is 22.1. The van der Waals surface area contributed by atoms with Crippen LogP contribution in [0.15, 0.2) is 4.99 Å². The molecule has 0 saturated carbocycles. The Balaban J connectivity index is 0.00000480. The molecule has 1 saturated heterocycles. The van der Waals surface area contributed by atoms with E-state index in [9.17, 15) is 4.79 Å². The fourth-order valence-electron chi connectivity index (χ4n) is 3.14. The Hall–Kier alpha value is -1.14. The summed E-state index contributed by atoms with van der Waals surface area (Å²) in [5.74, 6) is 0.828. The van der Waals surface area contributed by atoms with Gasteiger partial charge in [-0.15, -0.1) is 35.3 Å². The number of aliphatic imine (C=N–C) groups is 1. The number of rotatable bonds is 7. The first-order chi connectivity index (χ1) is 14.2. The summed E-state index contributed by atoms with van der Waals surface area (Å²) in [6.07, 6.45) is 1.72. The third-order valence-electron chi connectivity index (χ3n) is 4.90. The van der Waals surface area contributed by atoms with Crippen LogP contribution < -0.4 is 10.6 Å². The van der Waals surface area contributed by atoms with Gasteiger partial charge in [-0.05, 0) is 47.6 Å². The molecule has 1 aliphatic rings. The number of guanidine groups is 1. The molecule has 0 aromatic carbocycles. The van der Waals surface area contributed by atoms with Gasteiger partial charge in [0.25, 0.3) is 0 Å². The largest absolute Gasteiger partial charge is 0.444 e. The molecule has 0 atom stereocenters. The van der Waals surface area contributed by atoms with Crippen LogP contribution in [0, 0.1) is 13.8 Å². The SMILES string of the molecule is CN=C(NCCCN1CCN(C(=O)OC(C)(C)C)CC1)NCCc1nc(C)c(C)s1.I. The predicted octanol–water partition coefficient (Wildman–Crippen LogP) is 3.03. The standard InChI is InChI=1S/C21H38N6O2S.HI/c1-16-17(2)30-18(25-16)8-10-24-19(22-6)23-9-7-11-26-12-14-27(15-13-26)20(28)29-21(3,4)5;/h7-15H2,1-6H3,(H2,22,23,24);1H. The molecular weight excluding hydrogens is 527 g/mol. The molecular formula is C21H39IN6O2S. The highest BCUT2D eigenvalue weighted by molar-refractivity contribution is 14.0. The lowest BCUT2D eigenvalue weighted by Gasteiger charge is -2.35. The predicted molar refractivity (Wildman–Crippen MR) is 139 cm³/mol. The van der Waals surface area contributed by atoms with Gasteiger partial charge < -0.3 is 20.3 Å². The third kappa shape index (κ3) is 10.3. The number of nitrogens with one attached hydrogen (secondary N) is 2. The van der Waals surface area contributed by atoms with Gasteiger partial charge in [-0.2, -0.15) is 0 Å². The second-order valence-corrected chi connectivity index (χ2v) is 9.88. The minimum Gasteiger partial charge on any atom is -0.444 e. The maximum absolute atomic E-state index is 12.1. The highest BCUT2D eigenvalue weighted by Gasteiger charge is 2.25. The lowest BCUT2D eigenvalue weighted by atomic mass is 10.2. The summed E-state index contributed by atoms with van der Waals surface area (Å²) in [6, 6.07) is 0. The first-order valence-electron chi connectivity index (χ1n) is 10.8. The molecule has 178 valence electrons. The monoisotopic (exact) mass is 566 g/mol. The van der Waals surface area contributed by atoms with Crippen LogP contribution in [-0.2, 0) is 11.2 Å². The van der Waals surface area contributed by atoms with Crippen molar-refractivity contribution >= 4 is 47.4 Å². The molecule has 0 unspecified atom stereocenters. The number of carbonyl (C=O) groups is 1. The number of aromatic nitrogens is 1. The normalized spacial score (nSPS) is 15.4. The summed E-state index contributed by atoms with van der Waals surface area (Å²) < 4.78 is 5.45. The summed E-state index contributed by atoms with van der Waals surface area (Å²) in [5.41, 5.74) is 0.689. The molecule has 2 heterocycles. The minimum atomic E-state index is -0.440. The number of amides is 1. The van der Waals surface area contributed by atoms with E-state index in [1.165, 1.54) is 9.88 Å². The van der Waals surface area contributed by atoms with E-state index in [1.54, 1.807) is 23.3 Å². The molecule has 1 aromatic rings. The Morgan fingerprint density at radius 2 is 1.81 bits per heavy atom. The number of hydrogen-bond donors (Lipinski definition) is 2. The van der Waals surface area contributed by atoms with Crippen molar-refractivity contribution in [2.75, 3.05) is 52.9 Å². The second kappa shape index (κ2) is 13.4. The average Bonchev–Trinajstić information content (AvgIpc) is 3.00. The van der Waals surface area contributed by atoms with Crippen LogP contribution in [0.3, 0.4) is 0 Å². The summed E-state index contributed by atoms with van der Waals surface area (Å²) in [4.78, 5) is 26.5. The molecule has 8 nitrogen and oxygen atoms in total. The van der Waals surface area contributed by atoms with Crippen LogP contribution in [0.4, 0.5) is 4.79 Å². The van der Waals surface area contributed by atoms with Crippen LogP contribution in [-0.4, -0.2) is 85.3 Å². The van der Waals surface area contributed by atoms with Gasteiger partial charge in [0.2, 0.25) is 0 Å². The van der Waals surface area contributed by atoms with Crippen molar-refractivity contribution in [3.05, 3.63) is 15.6 Å². The van der Waals surface area contributed by atoms with E-state index in [-0.39, 0.29) is 30.1 Å². The van der Waals surface area contributed by atoms with Gasteiger partial charge in [0.15, 0.2) is 5.96 Å². The van der Waals surface area contributed by atoms with Gasteiger partial charge in [-0.25, -0.2) is 9.78 Å². The molecule has 2 N–H and O–H groups in total. The van der Waals surface area contributed by atoms with Crippen LogP contribution in [0.25, 0.3) is 0 Å². The van der Waals surface area contributed by atoms with E-state index in [1.807, 2.05) is 20.8 Å². The quantitative estimate of drug-likeness (QED) is 0.229. The van der Waals surface area contributed by atoms with Crippen LogP contribution in [0.1, 0.15) is 42.8 Å². The molecule has 0 aliphatic carbocycles. The lowest BCUT2D eigenvalue weighted by molar-refractivity contribution is 0.0145. The number of nitrogens with zero attached hydrogens (tertiary/aromatic N) is 4. The van der Waals surface area contributed by atoms with Crippen molar-refractivity contribution in [3.8, 4) is 0 Å². The van der Waals surface area contributed by atoms with E-state index in [2.05, 4.69) is 39.4 Å². The van der Waals surface area contributed by atoms with Gasteiger partial charge in [0.1, 0.15) is 5.60 Å². The Morgan fingerprint density at radius 1 is 1.16 bits per heavy atom. The zero-order valence-corrected chi connectivity index (χ0v) is 22.9. The van der Waals surface area contributed by atoms with Crippen molar-refractivity contribution in [3.63, 3.8) is 0 Å². The van der Waals surface area contributed by atoms with Gasteiger partial charge >= 0.3 is 6.09 Å². The molecule has 10 heteroatoms. The summed E-state index contributed by atoms with van der Waals surface area (Å²) in [7, 11) is 1.79. The van der Waals surface area contributed by atoms with E-state index >= 15 is 0 Å². The Bertz CT molecular complexity index is 692. The van der Waals surface area contributed by atoms with Crippen molar-refractivity contribution in [1.82, 2.24) is 25.4 Å². The molecule has 0 radical (unpaired) electrons. The van der Waals surface area contributed by atoms with E-state index < -0.39 is 5.60 Å². The Kier molecular flexibility index (Phi) is 12.1. The van der Waals surface area contributed by atoms with Crippen LogP contribution in [0.5, 0.6) is 0 Å². The van der Waals surface area contributed by atoms with E-state index in [0.717, 1.165) is 70.3 Å². The van der Waals surface area contributed by atoms with E-state index in [0.29, 0.717) is 0 Å². The molecule has 1 aliphatic heterocycles. The highest BCUT2D eigenvalue weighted by Crippen LogP contribution is 2.16. The number of aryl methyl sites for hydroxylation is 2. The van der Waals surface area contributed by atoms with Crippen molar-refractivity contribution in [1.29, 1.82) is 0 Å². The van der Waals surface area contributed by atoms with Crippen LogP contribution in [0.2, 0.25) is 0 Å². The highest BCUT2D eigenvalue weighted by atomic mass is 127. The van der Waals surface area contributed by atoms with Crippen molar-refractivity contribution < 1.29 is 9.53 Å². The first-order valence-corrected chi connectivity index (χ1v) is 11.6. The minimum absolute atomic E-state index is 0. The molecule has 0 bridgehead atoms. The Labute approximate surface area is 208 Å². The number of ether oxygens (including phenoxy) is 1. The number of carbonyl (C=O) groups excluding carboxylic acids is 1. The van der Waals surface area contributed by atoms with Gasteiger partial charge in [-0.1, -0.05) is 0 Å². The summed E-state index contributed by atoms with van der Waals surface area (Å²) in [6.45, 7) is 15.8. The topological polar surface area (TPSA) is 82.1 Å².